The first-order valence-electron chi connectivity index (χ1n) is 7.35. The minimum Gasteiger partial charge on any atom is -0.310 e. The summed E-state index contributed by atoms with van der Waals surface area (Å²) in [5.74, 6) is 0.831. The van der Waals surface area contributed by atoms with Crippen LogP contribution in [-0.2, 0) is 6.42 Å². The molecule has 1 aliphatic rings. The van der Waals surface area contributed by atoms with Gasteiger partial charge in [-0.25, -0.2) is 0 Å². The van der Waals surface area contributed by atoms with Gasteiger partial charge in [0.2, 0.25) is 0 Å². The first kappa shape index (κ1) is 13.3. The van der Waals surface area contributed by atoms with Crippen molar-refractivity contribution in [2.75, 3.05) is 0 Å². The summed E-state index contributed by atoms with van der Waals surface area (Å²) in [6.45, 7) is 4.28. The summed E-state index contributed by atoms with van der Waals surface area (Å²) in [7, 11) is 0. The van der Waals surface area contributed by atoms with Gasteiger partial charge in [-0.05, 0) is 62.5 Å². The third-order valence-corrected chi connectivity index (χ3v) is 4.11. The maximum Gasteiger partial charge on any atom is 0.00865 e. The Labute approximate surface area is 111 Å². The SMILES string of the molecule is CCC(=N)CCCc1cc(C)cc(C2CCC2)c1. The lowest BCUT2D eigenvalue weighted by molar-refractivity contribution is 0.419. The van der Waals surface area contributed by atoms with Crippen LogP contribution in [0.2, 0.25) is 0 Å². The molecule has 0 radical (unpaired) electrons. The lowest BCUT2D eigenvalue weighted by Gasteiger charge is -2.26. The average molecular weight is 243 g/mol. The van der Waals surface area contributed by atoms with E-state index in [4.69, 9.17) is 5.41 Å². The van der Waals surface area contributed by atoms with Crippen LogP contribution in [-0.4, -0.2) is 5.71 Å². The van der Waals surface area contributed by atoms with Gasteiger partial charge in [0.15, 0.2) is 0 Å². The molecule has 0 aliphatic heterocycles. The van der Waals surface area contributed by atoms with Gasteiger partial charge in [0, 0.05) is 5.71 Å². The zero-order chi connectivity index (χ0) is 13.0. The number of hydrogen-bond acceptors (Lipinski definition) is 1. The van der Waals surface area contributed by atoms with Crippen molar-refractivity contribution in [1.82, 2.24) is 0 Å². The van der Waals surface area contributed by atoms with E-state index < -0.39 is 0 Å². The van der Waals surface area contributed by atoms with Gasteiger partial charge >= 0.3 is 0 Å². The summed E-state index contributed by atoms with van der Waals surface area (Å²) in [6.07, 6.45) is 8.28. The maximum absolute atomic E-state index is 7.69. The van der Waals surface area contributed by atoms with Crippen LogP contribution in [0.4, 0.5) is 0 Å². The molecule has 0 bridgehead atoms. The quantitative estimate of drug-likeness (QED) is 0.679. The molecule has 1 fully saturated rings. The summed E-state index contributed by atoms with van der Waals surface area (Å²) in [5, 5.41) is 7.69. The van der Waals surface area contributed by atoms with Gasteiger partial charge in [-0.1, -0.05) is 37.1 Å². The topological polar surface area (TPSA) is 23.9 Å². The smallest absolute Gasteiger partial charge is 0.00865 e. The second kappa shape index (κ2) is 6.17. The van der Waals surface area contributed by atoms with Crippen LogP contribution in [0, 0.1) is 12.3 Å². The molecule has 2 rings (SSSR count). The molecular weight excluding hydrogens is 218 g/mol. The molecule has 0 atom stereocenters. The highest BCUT2D eigenvalue weighted by atomic mass is 14.4. The van der Waals surface area contributed by atoms with Crippen molar-refractivity contribution in [2.24, 2.45) is 0 Å². The first-order chi connectivity index (χ1) is 8.69. The van der Waals surface area contributed by atoms with Crippen LogP contribution in [0.5, 0.6) is 0 Å². The van der Waals surface area contributed by atoms with E-state index in [0.29, 0.717) is 0 Å². The van der Waals surface area contributed by atoms with Crippen molar-refractivity contribution in [3.05, 3.63) is 34.9 Å². The van der Waals surface area contributed by atoms with Crippen molar-refractivity contribution >= 4 is 5.71 Å². The van der Waals surface area contributed by atoms with Gasteiger partial charge in [-0.15, -0.1) is 0 Å². The van der Waals surface area contributed by atoms with Crippen molar-refractivity contribution in [2.45, 2.75) is 64.7 Å². The molecule has 1 N–H and O–H groups in total. The zero-order valence-corrected chi connectivity index (χ0v) is 11.8. The van der Waals surface area contributed by atoms with Crippen LogP contribution in [0.25, 0.3) is 0 Å². The fourth-order valence-electron chi connectivity index (χ4n) is 2.70. The molecular formula is C17H25N. The summed E-state index contributed by atoms with van der Waals surface area (Å²) in [6, 6.07) is 7.09. The molecule has 1 heteroatoms. The molecule has 0 heterocycles. The second-order valence-electron chi connectivity index (χ2n) is 5.69. The van der Waals surface area contributed by atoms with Crippen LogP contribution in [0.15, 0.2) is 18.2 Å². The molecule has 0 unspecified atom stereocenters. The third-order valence-electron chi connectivity index (χ3n) is 4.11. The fraction of sp³-hybridized carbons (Fsp3) is 0.588. The Balaban J connectivity index is 1.95. The van der Waals surface area contributed by atoms with E-state index in [0.717, 1.165) is 37.3 Å². The number of hydrogen-bond donors (Lipinski definition) is 1. The fourth-order valence-corrected chi connectivity index (χ4v) is 2.70. The Bertz CT molecular complexity index is 416. The van der Waals surface area contributed by atoms with Gasteiger partial charge in [0.1, 0.15) is 0 Å². The van der Waals surface area contributed by atoms with Crippen LogP contribution in [0.3, 0.4) is 0 Å². The van der Waals surface area contributed by atoms with Crippen LogP contribution >= 0.6 is 0 Å². The molecule has 1 saturated carbocycles. The molecule has 1 aromatic carbocycles. The number of aryl methyl sites for hydroxylation is 2. The summed E-state index contributed by atoms with van der Waals surface area (Å²) >= 11 is 0. The maximum atomic E-state index is 7.69. The number of rotatable bonds is 6. The molecule has 98 valence electrons. The Hall–Kier alpha value is -1.11. The standard InChI is InChI=1S/C17H25N/c1-3-17(18)9-4-6-14-10-13(2)11-16(12-14)15-7-5-8-15/h10-12,15,18H,3-9H2,1-2H3. The first-order valence-corrected chi connectivity index (χ1v) is 7.35. The summed E-state index contributed by atoms with van der Waals surface area (Å²) < 4.78 is 0. The molecule has 0 aromatic heterocycles. The zero-order valence-electron chi connectivity index (χ0n) is 11.8. The monoisotopic (exact) mass is 243 g/mol. The number of benzene rings is 1. The van der Waals surface area contributed by atoms with E-state index in [-0.39, 0.29) is 0 Å². The van der Waals surface area contributed by atoms with Gasteiger partial charge < -0.3 is 5.41 Å². The van der Waals surface area contributed by atoms with Gasteiger partial charge in [0.25, 0.3) is 0 Å². The van der Waals surface area contributed by atoms with E-state index in [1.807, 2.05) is 0 Å². The average Bonchev–Trinajstić information content (AvgIpc) is 2.25. The molecule has 1 nitrogen and oxygen atoms in total. The van der Waals surface area contributed by atoms with Gasteiger partial charge in [-0.2, -0.15) is 0 Å². The van der Waals surface area contributed by atoms with E-state index in [1.165, 1.54) is 30.4 Å². The molecule has 1 aromatic rings. The lowest BCUT2D eigenvalue weighted by atomic mass is 9.79. The summed E-state index contributed by atoms with van der Waals surface area (Å²) in [4.78, 5) is 0. The minimum absolute atomic E-state index is 0.831. The van der Waals surface area contributed by atoms with Crippen molar-refractivity contribution in [1.29, 1.82) is 5.41 Å². The highest BCUT2D eigenvalue weighted by Gasteiger charge is 2.19. The van der Waals surface area contributed by atoms with Crippen molar-refractivity contribution in [3.8, 4) is 0 Å². The Kier molecular flexibility index (Phi) is 4.57. The lowest BCUT2D eigenvalue weighted by Crippen LogP contribution is -2.09. The molecule has 18 heavy (non-hydrogen) atoms. The normalized spacial score (nSPS) is 15.4. The Morgan fingerprint density at radius 1 is 1.28 bits per heavy atom. The minimum atomic E-state index is 0.831. The van der Waals surface area contributed by atoms with Gasteiger partial charge in [-0.3, -0.25) is 0 Å². The predicted octanol–water partition coefficient (Wildman–Crippen LogP) is 5.01. The predicted molar refractivity (Wildman–Crippen MR) is 78.7 cm³/mol. The van der Waals surface area contributed by atoms with E-state index in [1.54, 1.807) is 5.56 Å². The summed E-state index contributed by atoms with van der Waals surface area (Å²) in [5.41, 5.74) is 5.32. The largest absolute Gasteiger partial charge is 0.310 e. The van der Waals surface area contributed by atoms with Crippen molar-refractivity contribution < 1.29 is 0 Å². The molecule has 1 aliphatic carbocycles. The number of nitrogens with one attached hydrogen (secondary N) is 1. The second-order valence-corrected chi connectivity index (χ2v) is 5.69. The third kappa shape index (κ3) is 3.44. The molecule has 0 spiro atoms. The Morgan fingerprint density at radius 2 is 2.06 bits per heavy atom. The van der Waals surface area contributed by atoms with Gasteiger partial charge in [0.05, 0.1) is 0 Å². The van der Waals surface area contributed by atoms with E-state index in [9.17, 15) is 0 Å². The highest BCUT2D eigenvalue weighted by Crippen LogP contribution is 2.37. The molecule has 0 saturated heterocycles. The van der Waals surface area contributed by atoms with Crippen molar-refractivity contribution in [3.63, 3.8) is 0 Å². The van der Waals surface area contributed by atoms with E-state index in [2.05, 4.69) is 32.0 Å². The van der Waals surface area contributed by atoms with E-state index >= 15 is 0 Å². The molecule has 0 amide bonds. The van der Waals surface area contributed by atoms with Crippen LogP contribution < -0.4 is 0 Å². The Morgan fingerprint density at radius 3 is 2.67 bits per heavy atom. The van der Waals surface area contributed by atoms with Crippen LogP contribution in [0.1, 0.15) is 68.1 Å². The highest BCUT2D eigenvalue weighted by molar-refractivity contribution is 5.80.